The quantitative estimate of drug-likeness (QED) is 0.158. The topological polar surface area (TPSA) is 137 Å². The predicted molar refractivity (Wildman–Crippen MR) is 187 cm³/mol. The third-order valence-electron chi connectivity index (χ3n) is 7.34. The van der Waals surface area contributed by atoms with E-state index in [1.807, 2.05) is 55.5 Å². The van der Waals surface area contributed by atoms with E-state index in [0.717, 1.165) is 16.8 Å². The third-order valence-corrected chi connectivity index (χ3v) is 7.34. The van der Waals surface area contributed by atoms with Gasteiger partial charge in [0, 0.05) is 36.4 Å². The van der Waals surface area contributed by atoms with Gasteiger partial charge in [0.2, 0.25) is 5.91 Å². The van der Waals surface area contributed by atoms with Gasteiger partial charge in [0.15, 0.2) is 6.61 Å². The zero-order chi connectivity index (χ0) is 35.4. The highest BCUT2D eigenvalue weighted by atomic mass is 16.6. The molecule has 49 heavy (non-hydrogen) atoms. The Morgan fingerprint density at radius 1 is 0.837 bits per heavy atom. The molecule has 0 saturated heterocycles. The molecule has 3 aromatic carbocycles. The molecule has 11 nitrogen and oxygen atoms in total. The Hall–Kier alpha value is -5.58. The summed E-state index contributed by atoms with van der Waals surface area (Å²) in [5.41, 5.74) is 3.07. The van der Waals surface area contributed by atoms with Crippen molar-refractivity contribution in [1.29, 1.82) is 0 Å². The van der Waals surface area contributed by atoms with E-state index in [1.165, 1.54) is 7.11 Å². The zero-order valence-corrected chi connectivity index (χ0v) is 28.7. The molecule has 1 aromatic heterocycles. The standard InChI is InChI=1S/C38H44N4O7/c1-7-39-34(43)24-48-28-16-14-27(15-17-28)35(30-19-18-29(46-5)22-33(30)47-6)42-36(44)32(41-37(45)49-38(2,3)4)21-25-13-20-31(40-23-25)26-11-9-8-10-12-26/h8-20,22-23,32,35H,7,21,24H2,1-6H3,(H,39,43)(H,41,45)(H,42,44)/t32-,35?/m0/s1. The highest BCUT2D eigenvalue weighted by Gasteiger charge is 2.29. The Labute approximate surface area is 287 Å². The van der Waals surface area contributed by atoms with Gasteiger partial charge in [-0.05, 0) is 69.2 Å². The summed E-state index contributed by atoms with van der Waals surface area (Å²) in [5.74, 6) is 0.859. The molecule has 3 amide bonds. The number of methoxy groups -OCH3 is 2. The molecular formula is C38H44N4O7. The fourth-order valence-electron chi connectivity index (χ4n) is 5.01. The first kappa shape index (κ1) is 36.3. The molecule has 0 aliphatic heterocycles. The average Bonchev–Trinajstić information content (AvgIpc) is 3.09. The molecule has 0 aliphatic carbocycles. The molecule has 258 valence electrons. The first-order chi connectivity index (χ1) is 23.5. The minimum atomic E-state index is -1.02. The lowest BCUT2D eigenvalue weighted by Gasteiger charge is -2.27. The van der Waals surface area contributed by atoms with E-state index < -0.39 is 29.7 Å². The van der Waals surface area contributed by atoms with Gasteiger partial charge in [-0.25, -0.2) is 4.79 Å². The van der Waals surface area contributed by atoms with Crippen LogP contribution in [0.2, 0.25) is 0 Å². The van der Waals surface area contributed by atoms with E-state index in [0.29, 0.717) is 34.9 Å². The summed E-state index contributed by atoms with van der Waals surface area (Å²) in [6.45, 7) is 7.47. The fourth-order valence-corrected chi connectivity index (χ4v) is 5.01. The van der Waals surface area contributed by atoms with Crippen LogP contribution in [-0.2, 0) is 20.7 Å². The van der Waals surface area contributed by atoms with Crippen molar-refractivity contribution in [2.24, 2.45) is 0 Å². The lowest BCUT2D eigenvalue weighted by molar-refractivity contribution is -0.124. The summed E-state index contributed by atoms with van der Waals surface area (Å²) in [6, 6.07) is 24.1. The number of ether oxygens (including phenoxy) is 4. The second kappa shape index (κ2) is 17.0. The van der Waals surface area contributed by atoms with Crippen LogP contribution in [0.5, 0.6) is 17.2 Å². The summed E-state index contributed by atoms with van der Waals surface area (Å²) in [5, 5.41) is 8.57. The normalized spacial score (nSPS) is 12.2. The van der Waals surface area contributed by atoms with Crippen LogP contribution in [0.25, 0.3) is 11.3 Å². The van der Waals surface area contributed by atoms with E-state index in [1.54, 1.807) is 70.5 Å². The van der Waals surface area contributed by atoms with Crippen molar-refractivity contribution in [3.63, 3.8) is 0 Å². The molecule has 0 saturated carbocycles. The number of rotatable bonds is 14. The highest BCUT2D eigenvalue weighted by Crippen LogP contribution is 2.34. The lowest BCUT2D eigenvalue weighted by Crippen LogP contribution is -2.50. The van der Waals surface area contributed by atoms with Gasteiger partial charge < -0.3 is 34.9 Å². The van der Waals surface area contributed by atoms with Crippen LogP contribution in [0.3, 0.4) is 0 Å². The average molecular weight is 669 g/mol. The Morgan fingerprint density at radius 3 is 2.16 bits per heavy atom. The van der Waals surface area contributed by atoms with Crippen molar-refractivity contribution in [3.8, 4) is 28.5 Å². The molecule has 0 fully saturated rings. The van der Waals surface area contributed by atoms with Crippen molar-refractivity contribution >= 4 is 17.9 Å². The summed E-state index contributed by atoms with van der Waals surface area (Å²) in [7, 11) is 3.09. The summed E-state index contributed by atoms with van der Waals surface area (Å²) in [6.07, 6.45) is 1.11. The van der Waals surface area contributed by atoms with E-state index in [9.17, 15) is 14.4 Å². The van der Waals surface area contributed by atoms with Crippen molar-refractivity contribution < 1.29 is 33.3 Å². The number of likely N-dealkylation sites (N-methyl/N-ethyl adjacent to an activating group) is 1. The second-order valence-corrected chi connectivity index (χ2v) is 12.2. The van der Waals surface area contributed by atoms with Crippen molar-refractivity contribution in [1.82, 2.24) is 20.9 Å². The number of alkyl carbamates (subject to hydrolysis) is 1. The van der Waals surface area contributed by atoms with E-state index in [2.05, 4.69) is 20.9 Å². The smallest absolute Gasteiger partial charge is 0.408 e. The van der Waals surface area contributed by atoms with Crippen LogP contribution in [0.1, 0.15) is 50.4 Å². The number of nitrogens with zero attached hydrogens (tertiary/aromatic N) is 1. The molecule has 4 rings (SSSR count). The monoisotopic (exact) mass is 668 g/mol. The number of carbonyl (C=O) groups is 3. The van der Waals surface area contributed by atoms with Crippen LogP contribution in [-0.4, -0.2) is 61.9 Å². The largest absolute Gasteiger partial charge is 0.497 e. The molecule has 0 aliphatic rings. The van der Waals surface area contributed by atoms with E-state index >= 15 is 0 Å². The molecule has 3 N–H and O–H groups in total. The van der Waals surface area contributed by atoms with Crippen molar-refractivity contribution in [2.75, 3.05) is 27.4 Å². The number of nitrogens with one attached hydrogen (secondary N) is 3. The van der Waals surface area contributed by atoms with Crippen molar-refractivity contribution in [2.45, 2.75) is 51.8 Å². The molecule has 1 unspecified atom stereocenters. The second-order valence-electron chi connectivity index (χ2n) is 12.2. The first-order valence-corrected chi connectivity index (χ1v) is 16.0. The number of amides is 3. The van der Waals surface area contributed by atoms with Crippen LogP contribution in [0, 0.1) is 0 Å². The maximum atomic E-state index is 14.2. The number of hydrogen-bond donors (Lipinski definition) is 3. The summed E-state index contributed by atoms with van der Waals surface area (Å²) in [4.78, 5) is 43.7. The van der Waals surface area contributed by atoms with Crippen LogP contribution in [0.4, 0.5) is 4.79 Å². The predicted octanol–water partition coefficient (Wildman–Crippen LogP) is 5.62. The molecule has 2 atom stereocenters. The fraction of sp³-hybridized carbons (Fsp3) is 0.316. The number of carbonyl (C=O) groups excluding carboxylic acids is 3. The SMILES string of the molecule is CCNC(=O)COc1ccc(C(NC(=O)[C@H](Cc2ccc(-c3ccccc3)nc2)NC(=O)OC(C)(C)C)c2ccc(OC)cc2OC)cc1. The highest BCUT2D eigenvalue weighted by molar-refractivity contribution is 5.87. The molecule has 0 spiro atoms. The molecule has 1 heterocycles. The lowest BCUT2D eigenvalue weighted by atomic mass is 9.96. The molecule has 0 bridgehead atoms. The van der Waals surface area contributed by atoms with Gasteiger partial charge in [0.1, 0.15) is 28.9 Å². The number of aromatic nitrogens is 1. The zero-order valence-electron chi connectivity index (χ0n) is 28.7. The third kappa shape index (κ3) is 10.7. The van der Waals surface area contributed by atoms with E-state index in [-0.39, 0.29) is 18.9 Å². The molecule has 0 radical (unpaired) electrons. The Morgan fingerprint density at radius 2 is 1.55 bits per heavy atom. The summed E-state index contributed by atoms with van der Waals surface area (Å²) < 4.78 is 22.3. The van der Waals surface area contributed by atoms with Gasteiger partial charge in [0.25, 0.3) is 5.91 Å². The molecule has 4 aromatic rings. The number of benzene rings is 3. The molecule has 11 heteroatoms. The number of pyridine rings is 1. The van der Waals surface area contributed by atoms with Gasteiger partial charge >= 0.3 is 6.09 Å². The van der Waals surface area contributed by atoms with Crippen LogP contribution >= 0.6 is 0 Å². The van der Waals surface area contributed by atoms with Gasteiger partial charge in [0.05, 0.1) is 26.0 Å². The Kier molecular flexibility index (Phi) is 12.6. The first-order valence-electron chi connectivity index (χ1n) is 16.0. The number of hydrogen-bond acceptors (Lipinski definition) is 8. The van der Waals surface area contributed by atoms with Crippen LogP contribution in [0.15, 0.2) is 91.1 Å². The van der Waals surface area contributed by atoms with Gasteiger partial charge in [-0.15, -0.1) is 0 Å². The maximum Gasteiger partial charge on any atom is 0.408 e. The Balaban J connectivity index is 1.65. The van der Waals surface area contributed by atoms with Crippen molar-refractivity contribution in [3.05, 3.63) is 108 Å². The van der Waals surface area contributed by atoms with Gasteiger partial charge in [-0.2, -0.15) is 0 Å². The van der Waals surface area contributed by atoms with Gasteiger partial charge in [-0.1, -0.05) is 48.5 Å². The van der Waals surface area contributed by atoms with E-state index in [4.69, 9.17) is 18.9 Å². The minimum Gasteiger partial charge on any atom is -0.497 e. The Bertz CT molecular complexity index is 1690. The summed E-state index contributed by atoms with van der Waals surface area (Å²) >= 11 is 0. The van der Waals surface area contributed by atoms with Gasteiger partial charge in [-0.3, -0.25) is 14.6 Å². The minimum absolute atomic E-state index is 0.126. The maximum absolute atomic E-state index is 14.2. The molecular weight excluding hydrogens is 624 g/mol. The van der Waals surface area contributed by atoms with Crippen LogP contribution < -0.4 is 30.2 Å².